The maximum atomic E-state index is 13.4. The van der Waals surface area contributed by atoms with Gasteiger partial charge in [-0.1, -0.05) is 23.5 Å². The SMILES string of the molecule is CCOC(=O)C1=C(C)N=c2s/c(=C\c3ccncc3)c(=O)n2[C@H]1c1cccc(OC)c1. The number of hydrogen-bond donors (Lipinski definition) is 0. The van der Waals surface area contributed by atoms with E-state index in [1.165, 1.54) is 11.3 Å². The van der Waals surface area contributed by atoms with Gasteiger partial charge in [-0.25, -0.2) is 9.79 Å². The number of esters is 1. The van der Waals surface area contributed by atoms with Crippen molar-refractivity contribution >= 4 is 23.4 Å². The van der Waals surface area contributed by atoms with Crippen molar-refractivity contribution < 1.29 is 14.3 Å². The normalized spacial score (nSPS) is 16.0. The van der Waals surface area contributed by atoms with Gasteiger partial charge in [0, 0.05) is 12.4 Å². The summed E-state index contributed by atoms with van der Waals surface area (Å²) in [5.74, 6) is 0.147. The highest BCUT2D eigenvalue weighted by molar-refractivity contribution is 7.07. The molecule has 3 heterocycles. The predicted molar refractivity (Wildman–Crippen MR) is 118 cm³/mol. The number of aromatic nitrogens is 2. The maximum Gasteiger partial charge on any atom is 0.338 e. The molecule has 0 N–H and O–H groups in total. The van der Waals surface area contributed by atoms with Crippen LogP contribution in [0.5, 0.6) is 5.75 Å². The van der Waals surface area contributed by atoms with E-state index in [1.807, 2.05) is 36.4 Å². The molecule has 0 fully saturated rings. The minimum Gasteiger partial charge on any atom is -0.497 e. The molecule has 7 nitrogen and oxygen atoms in total. The van der Waals surface area contributed by atoms with E-state index in [1.54, 1.807) is 44.0 Å². The second-order valence-electron chi connectivity index (χ2n) is 6.86. The number of allylic oxidation sites excluding steroid dienone is 1. The van der Waals surface area contributed by atoms with Crippen LogP contribution >= 0.6 is 11.3 Å². The number of pyridine rings is 1. The van der Waals surface area contributed by atoms with Gasteiger partial charge in [-0.15, -0.1) is 0 Å². The molecule has 0 saturated carbocycles. The number of methoxy groups -OCH3 is 1. The van der Waals surface area contributed by atoms with Gasteiger partial charge in [0.15, 0.2) is 4.80 Å². The Labute approximate surface area is 182 Å². The molecule has 1 aromatic carbocycles. The summed E-state index contributed by atoms with van der Waals surface area (Å²) >= 11 is 1.29. The maximum absolute atomic E-state index is 13.4. The molecule has 0 bridgehead atoms. The van der Waals surface area contributed by atoms with Crippen LogP contribution in [0.25, 0.3) is 6.08 Å². The molecule has 2 aromatic heterocycles. The quantitative estimate of drug-likeness (QED) is 0.574. The molecular weight excluding hydrogens is 414 g/mol. The molecule has 0 amide bonds. The molecule has 31 heavy (non-hydrogen) atoms. The van der Waals surface area contributed by atoms with E-state index in [2.05, 4.69) is 9.98 Å². The first-order valence-corrected chi connectivity index (χ1v) is 10.6. The third kappa shape index (κ3) is 3.94. The van der Waals surface area contributed by atoms with Gasteiger partial charge in [-0.2, -0.15) is 0 Å². The van der Waals surface area contributed by atoms with E-state index in [9.17, 15) is 9.59 Å². The van der Waals surface area contributed by atoms with E-state index >= 15 is 0 Å². The number of ether oxygens (including phenoxy) is 2. The van der Waals surface area contributed by atoms with Gasteiger partial charge in [-0.3, -0.25) is 14.3 Å². The topological polar surface area (TPSA) is 82.8 Å². The number of thiazole rings is 1. The van der Waals surface area contributed by atoms with E-state index in [0.29, 0.717) is 26.4 Å². The molecular formula is C23H21N3O4S. The molecule has 0 radical (unpaired) electrons. The molecule has 0 spiro atoms. The van der Waals surface area contributed by atoms with Crippen LogP contribution in [0.15, 0.2) is 69.8 Å². The number of hydrogen-bond acceptors (Lipinski definition) is 7. The zero-order valence-corrected chi connectivity index (χ0v) is 18.2. The first-order chi connectivity index (χ1) is 15.0. The van der Waals surface area contributed by atoms with Gasteiger partial charge < -0.3 is 9.47 Å². The van der Waals surface area contributed by atoms with Crippen molar-refractivity contribution in [3.8, 4) is 5.75 Å². The summed E-state index contributed by atoms with van der Waals surface area (Å²) in [5, 5.41) is 0. The summed E-state index contributed by atoms with van der Waals surface area (Å²) in [7, 11) is 1.58. The van der Waals surface area contributed by atoms with Crippen LogP contribution in [0, 0.1) is 0 Å². The fraction of sp³-hybridized carbons (Fsp3) is 0.217. The van der Waals surface area contributed by atoms with Crippen molar-refractivity contribution in [2.45, 2.75) is 19.9 Å². The first kappa shape index (κ1) is 20.7. The molecule has 1 aliphatic heterocycles. The highest BCUT2D eigenvalue weighted by Crippen LogP contribution is 2.32. The minimum absolute atomic E-state index is 0.220. The number of fused-ring (bicyclic) bond motifs is 1. The largest absolute Gasteiger partial charge is 0.497 e. The van der Waals surface area contributed by atoms with Crippen LogP contribution < -0.4 is 19.6 Å². The Bertz CT molecular complexity index is 1340. The molecule has 1 atom stereocenters. The van der Waals surface area contributed by atoms with E-state index < -0.39 is 12.0 Å². The number of carbonyl (C=O) groups excluding carboxylic acids is 1. The van der Waals surface area contributed by atoms with E-state index in [0.717, 1.165) is 11.1 Å². The lowest BCUT2D eigenvalue weighted by Crippen LogP contribution is -2.39. The smallest absolute Gasteiger partial charge is 0.338 e. The summed E-state index contributed by atoms with van der Waals surface area (Å²) in [6, 6.07) is 10.3. The molecule has 4 rings (SSSR count). The van der Waals surface area contributed by atoms with Gasteiger partial charge >= 0.3 is 5.97 Å². The van der Waals surface area contributed by atoms with Crippen LogP contribution in [-0.4, -0.2) is 29.2 Å². The van der Waals surface area contributed by atoms with Crippen molar-refractivity contribution in [1.82, 2.24) is 9.55 Å². The minimum atomic E-state index is -0.662. The number of carbonyl (C=O) groups is 1. The number of rotatable bonds is 5. The van der Waals surface area contributed by atoms with Crippen molar-refractivity contribution in [2.75, 3.05) is 13.7 Å². The Morgan fingerprint density at radius 3 is 2.74 bits per heavy atom. The van der Waals surface area contributed by atoms with Crippen LogP contribution in [-0.2, 0) is 9.53 Å². The van der Waals surface area contributed by atoms with Crippen molar-refractivity contribution in [3.63, 3.8) is 0 Å². The average Bonchev–Trinajstić information content (AvgIpc) is 3.08. The third-order valence-corrected chi connectivity index (χ3v) is 5.91. The van der Waals surface area contributed by atoms with Crippen LogP contribution in [0.2, 0.25) is 0 Å². The van der Waals surface area contributed by atoms with Crippen LogP contribution in [0.1, 0.15) is 31.0 Å². The monoisotopic (exact) mass is 435 g/mol. The molecule has 3 aromatic rings. The molecule has 158 valence electrons. The summed E-state index contributed by atoms with van der Waals surface area (Å²) in [6.45, 7) is 3.74. The van der Waals surface area contributed by atoms with Gasteiger partial charge in [0.05, 0.1) is 35.6 Å². The Hall–Kier alpha value is -3.52. The fourth-order valence-electron chi connectivity index (χ4n) is 3.53. The number of benzene rings is 1. The molecule has 8 heteroatoms. The lowest BCUT2D eigenvalue weighted by molar-refractivity contribution is -0.139. The standard InChI is InChI=1S/C23H21N3O4S/c1-4-30-22(28)19-14(2)25-23-26(20(19)16-6-5-7-17(13-16)29-3)21(27)18(31-23)12-15-8-10-24-11-9-15/h5-13,20H,4H2,1-3H3/b18-12-/t20-/m0/s1. The van der Waals surface area contributed by atoms with Crippen molar-refractivity contribution in [3.05, 3.63) is 90.9 Å². The molecule has 0 unspecified atom stereocenters. The third-order valence-electron chi connectivity index (χ3n) is 4.93. The highest BCUT2D eigenvalue weighted by Gasteiger charge is 2.33. The van der Waals surface area contributed by atoms with Crippen molar-refractivity contribution in [2.24, 2.45) is 4.99 Å². The molecule has 0 saturated heterocycles. The average molecular weight is 436 g/mol. The summed E-state index contributed by atoms with van der Waals surface area (Å²) in [5.41, 5.74) is 2.26. The summed E-state index contributed by atoms with van der Waals surface area (Å²) in [4.78, 5) is 35.4. The second-order valence-corrected chi connectivity index (χ2v) is 7.87. The van der Waals surface area contributed by atoms with Crippen LogP contribution in [0.4, 0.5) is 0 Å². The van der Waals surface area contributed by atoms with Gasteiger partial charge in [0.2, 0.25) is 0 Å². The lowest BCUT2D eigenvalue weighted by Gasteiger charge is -2.25. The highest BCUT2D eigenvalue weighted by atomic mass is 32.1. The summed E-state index contributed by atoms with van der Waals surface area (Å²) in [6.07, 6.45) is 5.15. The van der Waals surface area contributed by atoms with Crippen LogP contribution in [0.3, 0.4) is 0 Å². The van der Waals surface area contributed by atoms with Gasteiger partial charge in [-0.05, 0) is 55.3 Å². The Morgan fingerprint density at radius 2 is 2.03 bits per heavy atom. The second kappa shape index (κ2) is 8.69. The molecule has 0 aliphatic carbocycles. The number of nitrogens with zero attached hydrogens (tertiary/aromatic N) is 3. The van der Waals surface area contributed by atoms with E-state index in [-0.39, 0.29) is 12.2 Å². The molecule has 1 aliphatic rings. The van der Waals surface area contributed by atoms with Gasteiger partial charge in [0.1, 0.15) is 5.75 Å². The zero-order valence-electron chi connectivity index (χ0n) is 17.4. The Balaban J connectivity index is 1.97. The summed E-state index contributed by atoms with van der Waals surface area (Å²) < 4.78 is 12.8. The zero-order chi connectivity index (χ0) is 22.0. The Kier molecular flexibility index (Phi) is 5.81. The van der Waals surface area contributed by atoms with E-state index in [4.69, 9.17) is 9.47 Å². The lowest BCUT2D eigenvalue weighted by atomic mass is 9.95. The predicted octanol–water partition coefficient (Wildman–Crippen LogP) is 2.20. The Morgan fingerprint density at radius 1 is 1.26 bits per heavy atom. The van der Waals surface area contributed by atoms with Gasteiger partial charge in [0.25, 0.3) is 5.56 Å². The van der Waals surface area contributed by atoms with Crippen molar-refractivity contribution in [1.29, 1.82) is 0 Å². The fourth-order valence-corrected chi connectivity index (χ4v) is 4.58. The first-order valence-electron chi connectivity index (χ1n) is 9.77.